The largest absolute Gasteiger partial charge is 0.357 e. The van der Waals surface area contributed by atoms with Crippen molar-refractivity contribution in [1.82, 2.24) is 14.5 Å². The predicted molar refractivity (Wildman–Crippen MR) is 95.4 cm³/mol. The molecule has 0 radical (unpaired) electrons. The van der Waals surface area contributed by atoms with Gasteiger partial charge in [0.05, 0.1) is 22.8 Å². The van der Waals surface area contributed by atoms with Gasteiger partial charge in [0.1, 0.15) is 0 Å². The Morgan fingerprint density at radius 1 is 1.17 bits per heavy atom. The summed E-state index contributed by atoms with van der Waals surface area (Å²) in [6.45, 7) is 8.16. The second-order valence-corrected chi connectivity index (χ2v) is 11.6. The molecule has 2 heterocycles. The summed E-state index contributed by atoms with van der Waals surface area (Å²) in [4.78, 5) is 6.46. The fourth-order valence-electron chi connectivity index (χ4n) is 2.96. The van der Waals surface area contributed by atoms with Gasteiger partial charge in [-0.05, 0) is 27.2 Å². The molecule has 0 aromatic heterocycles. The summed E-state index contributed by atoms with van der Waals surface area (Å²) >= 11 is 0. The van der Waals surface area contributed by atoms with E-state index in [1.807, 2.05) is 11.8 Å². The molecule has 0 spiro atoms. The first kappa shape index (κ1) is 19.5. The van der Waals surface area contributed by atoms with Crippen molar-refractivity contribution in [3.63, 3.8) is 0 Å². The molecule has 24 heavy (non-hydrogen) atoms. The molecule has 2 aliphatic heterocycles. The van der Waals surface area contributed by atoms with Gasteiger partial charge in [0, 0.05) is 32.7 Å². The van der Waals surface area contributed by atoms with Crippen molar-refractivity contribution < 1.29 is 16.8 Å². The summed E-state index contributed by atoms with van der Waals surface area (Å²) in [6, 6.07) is 0. The van der Waals surface area contributed by atoms with Crippen LogP contribution in [0.5, 0.6) is 0 Å². The summed E-state index contributed by atoms with van der Waals surface area (Å²) in [5.74, 6) is 0.969. The van der Waals surface area contributed by atoms with Gasteiger partial charge in [-0.3, -0.25) is 4.99 Å². The fourth-order valence-corrected chi connectivity index (χ4v) is 5.85. The van der Waals surface area contributed by atoms with Gasteiger partial charge in [-0.1, -0.05) is 0 Å². The average molecular weight is 381 g/mol. The molecule has 140 valence electrons. The second-order valence-electron chi connectivity index (χ2n) is 6.80. The lowest BCUT2D eigenvalue weighted by Crippen LogP contribution is -2.57. The maximum absolute atomic E-state index is 12.1. The molecule has 0 atom stereocenters. The molecule has 0 aliphatic carbocycles. The summed E-state index contributed by atoms with van der Waals surface area (Å²) < 4.78 is 48.5. The van der Waals surface area contributed by atoms with Gasteiger partial charge in [-0.25, -0.2) is 21.1 Å². The molecule has 0 unspecified atom stereocenters. The highest BCUT2D eigenvalue weighted by molar-refractivity contribution is 7.92. The van der Waals surface area contributed by atoms with Gasteiger partial charge < -0.3 is 10.2 Å². The number of nitrogens with one attached hydrogen (secondary N) is 1. The average Bonchev–Trinajstić information content (AvgIpc) is 2.80. The van der Waals surface area contributed by atoms with Crippen LogP contribution in [0.1, 0.15) is 27.2 Å². The first-order valence-corrected chi connectivity index (χ1v) is 11.6. The Kier molecular flexibility index (Phi) is 5.81. The number of nitrogens with zero attached hydrogens (tertiary/aromatic N) is 3. The number of sulfone groups is 1. The van der Waals surface area contributed by atoms with E-state index in [0.29, 0.717) is 51.6 Å². The van der Waals surface area contributed by atoms with Crippen LogP contribution in [-0.2, 0) is 19.9 Å². The minimum Gasteiger partial charge on any atom is -0.357 e. The van der Waals surface area contributed by atoms with E-state index in [9.17, 15) is 16.8 Å². The van der Waals surface area contributed by atoms with Gasteiger partial charge >= 0.3 is 0 Å². The van der Waals surface area contributed by atoms with Crippen LogP contribution in [0.2, 0.25) is 0 Å². The number of guanidine groups is 1. The molecule has 2 rings (SSSR count). The van der Waals surface area contributed by atoms with Crippen LogP contribution in [0.4, 0.5) is 0 Å². The monoisotopic (exact) mass is 380 g/mol. The second kappa shape index (κ2) is 7.17. The van der Waals surface area contributed by atoms with E-state index in [4.69, 9.17) is 0 Å². The summed E-state index contributed by atoms with van der Waals surface area (Å²) in [6.07, 6.45) is 0.671. The van der Waals surface area contributed by atoms with E-state index < -0.39 is 24.6 Å². The van der Waals surface area contributed by atoms with E-state index in [2.05, 4.69) is 10.3 Å². The maximum Gasteiger partial charge on any atom is 0.214 e. The van der Waals surface area contributed by atoms with Crippen molar-refractivity contribution in [3.8, 4) is 0 Å². The number of sulfonamides is 1. The highest BCUT2D eigenvalue weighted by Gasteiger charge is 2.41. The molecule has 0 amide bonds. The molecule has 10 heteroatoms. The smallest absolute Gasteiger partial charge is 0.214 e. The molecule has 2 aliphatic rings. The molecular weight excluding hydrogens is 352 g/mol. The van der Waals surface area contributed by atoms with Crippen molar-refractivity contribution in [2.75, 3.05) is 50.8 Å². The van der Waals surface area contributed by atoms with E-state index in [1.54, 1.807) is 13.8 Å². The van der Waals surface area contributed by atoms with E-state index in [-0.39, 0.29) is 11.5 Å². The van der Waals surface area contributed by atoms with Crippen LogP contribution < -0.4 is 5.32 Å². The third kappa shape index (κ3) is 4.20. The standard InChI is InChI=1S/C14H28N4O4S2/c1-4-15-13(16-6-8-18-7-5-10-24(18,21)22)17-9-11-23(19,20)14(2,3)12-17/h4-12H2,1-3H3,(H,15,16). The molecule has 1 N–H and O–H groups in total. The zero-order valence-corrected chi connectivity index (χ0v) is 16.3. The third-order valence-electron chi connectivity index (χ3n) is 4.49. The molecule has 0 aromatic carbocycles. The van der Waals surface area contributed by atoms with Crippen molar-refractivity contribution >= 4 is 25.8 Å². The Morgan fingerprint density at radius 3 is 2.42 bits per heavy atom. The molecule has 2 fully saturated rings. The van der Waals surface area contributed by atoms with Crippen LogP contribution in [0.3, 0.4) is 0 Å². The highest BCUT2D eigenvalue weighted by Crippen LogP contribution is 2.23. The normalized spacial score (nSPS) is 26.5. The number of hydrogen-bond acceptors (Lipinski definition) is 5. The van der Waals surface area contributed by atoms with Gasteiger partial charge in [-0.15, -0.1) is 0 Å². The van der Waals surface area contributed by atoms with E-state index >= 15 is 0 Å². The van der Waals surface area contributed by atoms with Crippen molar-refractivity contribution in [3.05, 3.63) is 0 Å². The van der Waals surface area contributed by atoms with Crippen molar-refractivity contribution in [2.24, 2.45) is 4.99 Å². The Bertz CT molecular complexity index is 686. The minimum atomic E-state index is -3.11. The Hall–Kier alpha value is -0.870. The summed E-state index contributed by atoms with van der Waals surface area (Å²) in [7, 11) is -6.21. The number of rotatable bonds is 4. The van der Waals surface area contributed by atoms with Crippen LogP contribution in [0, 0.1) is 0 Å². The zero-order chi connectivity index (χ0) is 18.0. The quantitative estimate of drug-likeness (QED) is 0.521. The Labute approximate surface area is 145 Å². The molecule has 0 bridgehead atoms. The first-order valence-electron chi connectivity index (χ1n) is 8.32. The maximum atomic E-state index is 12.1. The van der Waals surface area contributed by atoms with Crippen LogP contribution >= 0.6 is 0 Å². The molecule has 8 nitrogen and oxygen atoms in total. The highest BCUT2D eigenvalue weighted by atomic mass is 32.2. The molecule has 0 saturated carbocycles. The van der Waals surface area contributed by atoms with Gasteiger partial charge in [0.15, 0.2) is 15.8 Å². The van der Waals surface area contributed by atoms with Crippen LogP contribution in [-0.4, -0.2) is 87.5 Å². The van der Waals surface area contributed by atoms with Crippen LogP contribution in [0.15, 0.2) is 4.99 Å². The Balaban J connectivity index is 2.04. The summed E-state index contributed by atoms with van der Waals surface area (Å²) in [5, 5.41) is 3.18. The molecule has 0 aromatic rings. The van der Waals surface area contributed by atoms with E-state index in [1.165, 1.54) is 4.31 Å². The minimum absolute atomic E-state index is 0.102. The Morgan fingerprint density at radius 2 is 1.88 bits per heavy atom. The van der Waals surface area contributed by atoms with Crippen molar-refractivity contribution in [1.29, 1.82) is 0 Å². The lowest BCUT2D eigenvalue weighted by Gasteiger charge is -2.39. The predicted octanol–water partition coefficient (Wildman–Crippen LogP) is -0.504. The van der Waals surface area contributed by atoms with Gasteiger partial charge in [0.2, 0.25) is 10.0 Å². The lowest BCUT2D eigenvalue weighted by atomic mass is 10.2. The zero-order valence-electron chi connectivity index (χ0n) is 14.7. The number of aliphatic imine (C=N–C) groups is 1. The number of hydrogen-bond donors (Lipinski definition) is 1. The van der Waals surface area contributed by atoms with Crippen molar-refractivity contribution in [2.45, 2.75) is 31.9 Å². The lowest BCUT2D eigenvalue weighted by molar-refractivity contribution is 0.352. The SMILES string of the molecule is CCNC(=NCCN1CCCS1(=O)=O)N1CCS(=O)(=O)C(C)(C)C1. The summed E-state index contributed by atoms with van der Waals surface area (Å²) in [5.41, 5.74) is 0. The van der Waals surface area contributed by atoms with E-state index in [0.717, 1.165) is 0 Å². The molecular formula is C14H28N4O4S2. The topological polar surface area (TPSA) is 99.2 Å². The van der Waals surface area contributed by atoms with Gasteiger partial charge in [-0.2, -0.15) is 0 Å². The first-order chi connectivity index (χ1) is 11.1. The molecule has 2 saturated heterocycles. The van der Waals surface area contributed by atoms with Gasteiger partial charge in [0.25, 0.3) is 0 Å². The fraction of sp³-hybridized carbons (Fsp3) is 0.929. The third-order valence-corrected chi connectivity index (χ3v) is 8.98. The van der Waals surface area contributed by atoms with Crippen LogP contribution in [0.25, 0.3) is 0 Å².